The highest BCUT2D eigenvalue weighted by Crippen LogP contribution is 2.35. The fourth-order valence-electron chi connectivity index (χ4n) is 3.56. The SMILES string of the molecule is C=CCc1cc(C=Nn2c(C(C)C)nc3ccc(Br)cc3c2=O)cc(OCC)c1OCC(C)(C)C. The number of rotatable bonds is 9. The van der Waals surface area contributed by atoms with E-state index in [2.05, 4.69) is 48.4 Å². The summed E-state index contributed by atoms with van der Waals surface area (Å²) >= 11 is 3.44. The molecule has 0 fully saturated rings. The van der Waals surface area contributed by atoms with Crippen LogP contribution in [-0.2, 0) is 6.42 Å². The van der Waals surface area contributed by atoms with Gasteiger partial charge in [0.2, 0.25) is 0 Å². The van der Waals surface area contributed by atoms with Gasteiger partial charge >= 0.3 is 0 Å². The molecule has 6 nitrogen and oxygen atoms in total. The molecule has 0 atom stereocenters. The molecular weight excluding hydrogens is 506 g/mol. The highest BCUT2D eigenvalue weighted by Gasteiger charge is 2.18. The third-order valence-corrected chi connectivity index (χ3v) is 5.63. The predicted octanol–water partition coefficient (Wildman–Crippen LogP) is 6.72. The molecule has 2 aromatic carbocycles. The van der Waals surface area contributed by atoms with Crippen molar-refractivity contribution in [3.05, 3.63) is 74.8 Å². The van der Waals surface area contributed by atoms with Gasteiger partial charge in [-0.15, -0.1) is 6.58 Å². The van der Waals surface area contributed by atoms with E-state index >= 15 is 0 Å². The van der Waals surface area contributed by atoms with Crippen LogP contribution in [0.2, 0.25) is 0 Å². The van der Waals surface area contributed by atoms with E-state index in [1.165, 1.54) is 4.68 Å². The highest BCUT2D eigenvalue weighted by molar-refractivity contribution is 9.10. The molecule has 0 amide bonds. The first-order valence-corrected chi connectivity index (χ1v) is 12.6. The van der Waals surface area contributed by atoms with E-state index < -0.39 is 0 Å². The molecule has 1 heterocycles. The molecule has 1 aromatic heterocycles. The molecule has 186 valence electrons. The van der Waals surface area contributed by atoms with Crippen molar-refractivity contribution < 1.29 is 9.47 Å². The maximum Gasteiger partial charge on any atom is 0.282 e. The van der Waals surface area contributed by atoms with Gasteiger partial charge < -0.3 is 9.47 Å². The van der Waals surface area contributed by atoms with Crippen LogP contribution in [0.5, 0.6) is 11.5 Å². The van der Waals surface area contributed by atoms with Gasteiger partial charge in [0.1, 0.15) is 5.82 Å². The number of ether oxygens (including phenoxy) is 2. The summed E-state index contributed by atoms with van der Waals surface area (Å²) < 4.78 is 14.3. The summed E-state index contributed by atoms with van der Waals surface area (Å²) in [5.74, 6) is 1.98. The van der Waals surface area contributed by atoms with Crippen LogP contribution in [0, 0.1) is 5.41 Å². The average Bonchev–Trinajstić information content (AvgIpc) is 2.77. The molecule has 3 rings (SSSR count). The minimum atomic E-state index is -0.210. The lowest BCUT2D eigenvalue weighted by Crippen LogP contribution is -2.23. The number of fused-ring (bicyclic) bond motifs is 1. The van der Waals surface area contributed by atoms with Crippen LogP contribution in [0.3, 0.4) is 0 Å². The van der Waals surface area contributed by atoms with E-state index in [4.69, 9.17) is 14.5 Å². The zero-order chi connectivity index (χ0) is 25.8. The summed E-state index contributed by atoms with van der Waals surface area (Å²) in [5.41, 5.74) is 2.19. The number of halogens is 1. The average molecular weight is 541 g/mol. The number of hydrogen-bond donors (Lipinski definition) is 0. The first kappa shape index (κ1) is 26.7. The monoisotopic (exact) mass is 539 g/mol. The molecule has 0 unspecified atom stereocenters. The van der Waals surface area contributed by atoms with Crippen LogP contribution in [0.4, 0.5) is 0 Å². The second-order valence-electron chi connectivity index (χ2n) is 9.93. The standard InChI is InChI=1S/C28H34BrN3O3/c1-8-10-20-13-19(14-24(34-9-2)25(20)35-17-28(5,6)7)16-30-32-26(18(3)4)31-23-12-11-21(29)15-22(23)27(32)33/h8,11-16,18H,1,9-10,17H2,2-7H3. The maximum absolute atomic E-state index is 13.3. The van der Waals surface area contributed by atoms with Crippen molar-refractivity contribution in [2.24, 2.45) is 10.5 Å². The molecule has 3 aromatic rings. The molecule has 0 bridgehead atoms. The lowest BCUT2D eigenvalue weighted by Gasteiger charge is -2.22. The second kappa shape index (κ2) is 11.2. The minimum absolute atomic E-state index is 0.00154. The van der Waals surface area contributed by atoms with Gasteiger partial charge in [-0.2, -0.15) is 9.78 Å². The molecule has 0 saturated carbocycles. The van der Waals surface area contributed by atoms with Crippen LogP contribution in [-0.4, -0.2) is 29.1 Å². The van der Waals surface area contributed by atoms with Crippen molar-refractivity contribution in [3.63, 3.8) is 0 Å². The van der Waals surface area contributed by atoms with E-state index in [1.807, 2.05) is 51.1 Å². The Labute approximate surface area is 215 Å². The molecule has 0 aliphatic heterocycles. The number of benzene rings is 2. The Morgan fingerprint density at radius 2 is 1.94 bits per heavy atom. The van der Waals surface area contributed by atoms with Crippen molar-refractivity contribution in [1.29, 1.82) is 0 Å². The number of aromatic nitrogens is 2. The van der Waals surface area contributed by atoms with Crippen molar-refractivity contribution in [2.45, 2.75) is 53.9 Å². The summed E-state index contributed by atoms with van der Waals surface area (Å²) in [6.07, 6.45) is 4.12. The Morgan fingerprint density at radius 1 is 1.20 bits per heavy atom. The highest BCUT2D eigenvalue weighted by atomic mass is 79.9. The van der Waals surface area contributed by atoms with Gasteiger partial charge in [0, 0.05) is 16.0 Å². The molecular formula is C28H34BrN3O3. The lowest BCUT2D eigenvalue weighted by atomic mass is 9.98. The summed E-state index contributed by atoms with van der Waals surface area (Å²) in [4.78, 5) is 18.0. The van der Waals surface area contributed by atoms with Gasteiger partial charge in [0.05, 0.1) is 30.3 Å². The van der Waals surface area contributed by atoms with E-state index in [1.54, 1.807) is 12.3 Å². The first-order valence-electron chi connectivity index (χ1n) is 11.8. The minimum Gasteiger partial charge on any atom is -0.490 e. The predicted molar refractivity (Wildman–Crippen MR) is 147 cm³/mol. The van der Waals surface area contributed by atoms with Crippen molar-refractivity contribution in [3.8, 4) is 11.5 Å². The Kier molecular flexibility index (Phi) is 8.54. The smallest absolute Gasteiger partial charge is 0.282 e. The molecule has 0 N–H and O–H groups in total. The topological polar surface area (TPSA) is 65.7 Å². The van der Waals surface area contributed by atoms with Crippen LogP contribution >= 0.6 is 15.9 Å². The summed E-state index contributed by atoms with van der Waals surface area (Å²) in [5, 5.41) is 5.08. The van der Waals surface area contributed by atoms with Gasteiger partial charge in [-0.1, -0.05) is 56.6 Å². The third-order valence-electron chi connectivity index (χ3n) is 5.14. The summed E-state index contributed by atoms with van der Waals surface area (Å²) in [7, 11) is 0. The van der Waals surface area contributed by atoms with Crippen molar-refractivity contribution in [2.75, 3.05) is 13.2 Å². The Hall–Kier alpha value is -2.93. The molecule has 7 heteroatoms. The number of nitrogens with zero attached hydrogens (tertiary/aromatic N) is 3. The molecule has 0 aliphatic carbocycles. The van der Waals surface area contributed by atoms with Crippen molar-refractivity contribution in [1.82, 2.24) is 9.66 Å². The second-order valence-corrected chi connectivity index (χ2v) is 10.8. The molecule has 0 radical (unpaired) electrons. The largest absolute Gasteiger partial charge is 0.490 e. The fraction of sp³-hybridized carbons (Fsp3) is 0.393. The van der Waals surface area contributed by atoms with Crippen LogP contribution < -0.4 is 15.0 Å². The van der Waals surface area contributed by atoms with E-state index in [0.717, 1.165) is 21.3 Å². The lowest BCUT2D eigenvalue weighted by molar-refractivity contribution is 0.187. The fourth-order valence-corrected chi connectivity index (χ4v) is 3.92. The molecule has 0 aliphatic rings. The van der Waals surface area contributed by atoms with Gasteiger partial charge in [-0.3, -0.25) is 4.79 Å². The Balaban J connectivity index is 2.12. The quantitative estimate of drug-likeness (QED) is 0.223. The Morgan fingerprint density at radius 3 is 2.57 bits per heavy atom. The van der Waals surface area contributed by atoms with Crippen molar-refractivity contribution >= 4 is 33.0 Å². The summed E-state index contributed by atoms with van der Waals surface area (Å²) in [6.45, 7) is 17.3. The zero-order valence-corrected chi connectivity index (χ0v) is 23.0. The van der Waals surface area contributed by atoms with Gasteiger partial charge in [0.25, 0.3) is 5.56 Å². The van der Waals surface area contributed by atoms with Gasteiger partial charge in [0.15, 0.2) is 11.5 Å². The number of allylic oxidation sites excluding steroid dienone is 1. The molecule has 35 heavy (non-hydrogen) atoms. The first-order chi connectivity index (χ1) is 16.5. The normalized spacial score (nSPS) is 12.0. The number of hydrogen-bond acceptors (Lipinski definition) is 5. The maximum atomic E-state index is 13.3. The van der Waals surface area contributed by atoms with Crippen LogP contribution in [0.15, 0.2) is 57.4 Å². The molecule has 0 saturated heterocycles. The van der Waals surface area contributed by atoms with E-state index in [9.17, 15) is 4.79 Å². The van der Waals surface area contributed by atoms with Gasteiger partial charge in [-0.05, 0) is 54.7 Å². The van der Waals surface area contributed by atoms with Crippen LogP contribution in [0.25, 0.3) is 10.9 Å². The zero-order valence-electron chi connectivity index (χ0n) is 21.4. The Bertz CT molecular complexity index is 1300. The van der Waals surface area contributed by atoms with Crippen LogP contribution in [0.1, 0.15) is 64.4 Å². The van der Waals surface area contributed by atoms with Gasteiger partial charge in [-0.25, -0.2) is 4.98 Å². The van der Waals surface area contributed by atoms with E-state index in [0.29, 0.717) is 42.1 Å². The summed E-state index contributed by atoms with van der Waals surface area (Å²) in [6, 6.07) is 9.39. The third kappa shape index (κ3) is 6.60. The van der Waals surface area contributed by atoms with E-state index in [-0.39, 0.29) is 16.9 Å². The molecule has 0 spiro atoms.